The quantitative estimate of drug-likeness (QED) is 0.845. The molecule has 0 atom stereocenters. The molecular formula is C17H23N3O2S. The molecule has 6 heteroatoms. The summed E-state index contributed by atoms with van der Waals surface area (Å²) in [6, 6.07) is 12.7. The number of hydrogen-bond donors (Lipinski definition) is 1. The van der Waals surface area contributed by atoms with Crippen LogP contribution in [0.2, 0.25) is 0 Å². The van der Waals surface area contributed by atoms with Crippen LogP contribution in [-0.2, 0) is 23.1 Å². The van der Waals surface area contributed by atoms with Crippen LogP contribution in [0.5, 0.6) is 0 Å². The fourth-order valence-corrected chi connectivity index (χ4v) is 3.43. The van der Waals surface area contributed by atoms with Crippen molar-refractivity contribution in [2.45, 2.75) is 37.9 Å². The smallest absolute Gasteiger partial charge is 0.243 e. The molecule has 0 fully saturated rings. The highest BCUT2D eigenvalue weighted by Gasteiger charge is 2.22. The fraction of sp³-hybridized carbons (Fsp3) is 0.353. The zero-order chi connectivity index (χ0) is 16.9. The molecule has 0 bridgehead atoms. The van der Waals surface area contributed by atoms with E-state index in [9.17, 15) is 8.42 Å². The van der Waals surface area contributed by atoms with Crippen LogP contribution in [0.3, 0.4) is 0 Å². The largest absolute Gasteiger partial charge is 0.307 e. The number of sulfonamides is 1. The van der Waals surface area contributed by atoms with Crippen molar-refractivity contribution >= 4 is 10.0 Å². The Morgan fingerprint density at radius 2 is 1.78 bits per heavy atom. The van der Waals surface area contributed by atoms with Gasteiger partial charge in [-0.25, -0.2) is 8.42 Å². The SMILES string of the molecule is CC(C)N(C)S(=O)(=O)c1ccc(CNCc2ccccn2)cc1. The summed E-state index contributed by atoms with van der Waals surface area (Å²) in [6.45, 7) is 5.05. The van der Waals surface area contributed by atoms with E-state index in [1.807, 2.05) is 44.2 Å². The molecule has 0 aliphatic heterocycles. The van der Waals surface area contributed by atoms with Crippen molar-refractivity contribution in [2.75, 3.05) is 7.05 Å². The third kappa shape index (κ3) is 4.60. The Morgan fingerprint density at radius 1 is 1.09 bits per heavy atom. The second-order valence-corrected chi connectivity index (χ2v) is 7.68. The van der Waals surface area contributed by atoms with Crippen LogP contribution >= 0.6 is 0 Å². The number of nitrogens with zero attached hydrogens (tertiary/aromatic N) is 2. The van der Waals surface area contributed by atoms with Crippen molar-refractivity contribution < 1.29 is 8.42 Å². The van der Waals surface area contributed by atoms with Gasteiger partial charge in [0.25, 0.3) is 0 Å². The van der Waals surface area contributed by atoms with Crippen LogP contribution in [0.1, 0.15) is 25.1 Å². The van der Waals surface area contributed by atoms with Crippen LogP contribution in [0.25, 0.3) is 0 Å². The lowest BCUT2D eigenvalue weighted by atomic mass is 10.2. The summed E-state index contributed by atoms with van der Waals surface area (Å²) < 4.78 is 26.1. The van der Waals surface area contributed by atoms with E-state index in [0.29, 0.717) is 18.0 Å². The molecule has 5 nitrogen and oxygen atoms in total. The molecule has 0 saturated carbocycles. The maximum atomic E-state index is 12.4. The van der Waals surface area contributed by atoms with Crippen LogP contribution in [-0.4, -0.2) is 30.8 Å². The van der Waals surface area contributed by atoms with Crippen molar-refractivity contribution in [3.05, 3.63) is 59.9 Å². The van der Waals surface area contributed by atoms with Crippen molar-refractivity contribution in [3.8, 4) is 0 Å². The Balaban J connectivity index is 1.97. The number of nitrogens with one attached hydrogen (secondary N) is 1. The Bertz CT molecular complexity index is 713. The Hall–Kier alpha value is -1.76. The van der Waals surface area contributed by atoms with Crippen molar-refractivity contribution in [2.24, 2.45) is 0 Å². The Kier molecular flexibility index (Phi) is 5.87. The summed E-state index contributed by atoms with van der Waals surface area (Å²) in [6.07, 6.45) is 1.77. The average Bonchev–Trinajstić information content (AvgIpc) is 2.55. The topological polar surface area (TPSA) is 62.3 Å². The minimum atomic E-state index is -3.42. The molecule has 0 saturated heterocycles. The molecule has 124 valence electrons. The van der Waals surface area contributed by atoms with Gasteiger partial charge in [-0.2, -0.15) is 4.31 Å². The standard InChI is InChI=1S/C17H23N3O2S/c1-14(2)20(3)23(21,22)17-9-7-15(8-10-17)12-18-13-16-6-4-5-11-19-16/h4-11,14,18H,12-13H2,1-3H3. The first-order valence-electron chi connectivity index (χ1n) is 7.59. The summed E-state index contributed by atoms with van der Waals surface area (Å²) in [7, 11) is -1.82. The van der Waals surface area contributed by atoms with Gasteiger partial charge < -0.3 is 5.32 Å². The molecule has 0 aliphatic carbocycles. The lowest BCUT2D eigenvalue weighted by molar-refractivity contribution is 0.410. The van der Waals surface area contributed by atoms with Crippen LogP contribution in [0, 0.1) is 0 Å². The summed E-state index contributed by atoms with van der Waals surface area (Å²) >= 11 is 0. The molecule has 1 heterocycles. The fourth-order valence-electron chi connectivity index (χ4n) is 2.06. The van der Waals surface area contributed by atoms with Gasteiger partial charge in [-0.15, -0.1) is 0 Å². The average molecular weight is 333 g/mol. The van der Waals surface area contributed by atoms with Crippen LogP contribution in [0.4, 0.5) is 0 Å². The maximum Gasteiger partial charge on any atom is 0.243 e. The lowest BCUT2D eigenvalue weighted by Crippen LogP contribution is -2.33. The van der Waals surface area contributed by atoms with Gasteiger partial charge in [-0.05, 0) is 43.7 Å². The minimum absolute atomic E-state index is 0.0697. The predicted molar refractivity (Wildman–Crippen MR) is 91.3 cm³/mol. The zero-order valence-electron chi connectivity index (χ0n) is 13.7. The summed E-state index contributed by atoms with van der Waals surface area (Å²) in [5.74, 6) is 0. The van der Waals surface area contributed by atoms with E-state index in [1.165, 1.54) is 4.31 Å². The maximum absolute atomic E-state index is 12.4. The van der Waals surface area contributed by atoms with Gasteiger partial charge in [0.15, 0.2) is 0 Å². The third-order valence-corrected chi connectivity index (χ3v) is 5.74. The molecule has 0 amide bonds. The molecular weight excluding hydrogens is 310 g/mol. The molecule has 0 unspecified atom stereocenters. The highest BCUT2D eigenvalue weighted by atomic mass is 32.2. The van der Waals surface area contributed by atoms with Crippen molar-refractivity contribution in [1.82, 2.24) is 14.6 Å². The zero-order valence-corrected chi connectivity index (χ0v) is 14.5. The molecule has 2 rings (SSSR count). The molecule has 23 heavy (non-hydrogen) atoms. The molecule has 1 aromatic carbocycles. The van der Waals surface area contributed by atoms with Crippen LogP contribution in [0.15, 0.2) is 53.6 Å². The van der Waals surface area contributed by atoms with E-state index in [0.717, 1.165) is 11.3 Å². The molecule has 1 aromatic heterocycles. The molecule has 0 radical (unpaired) electrons. The van der Waals surface area contributed by atoms with E-state index >= 15 is 0 Å². The number of pyridine rings is 1. The predicted octanol–water partition coefficient (Wildman–Crippen LogP) is 2.40. The first-order valence-corrected chi connectivity index (χ1v) is 9.03. The van der Waals surface area contributed by atoms with Crippen LogP contribution < -0.4 is 5.32 Å². The Morgan fingerprint density at radius 3 is 2.35 bits per heavy atom. The number of benzene rings is 1. The van der Waals surface area contributed by atoms with Gasteiger partial charge in [0.1, 0.15) is 0 Å². The molecule has 1 N–H and O–H groups in total. The first kappa shape index (κ1) is 17.6. The van der Waals surface area contributed by atoms with Crippen molar-refractivity contribution in [3.63, 3.8) is 0 Å². The summed E-state index contributed by atoms with van der Waals surface area (Å²) in [5, 5.41) is 3.29. The second kappa shape index (κ2) is 7.68. The third-order valence-electron chi connectivity index (χ3n) is 3.69. The highest BCUT2D eigenvalue weighted by molar-refractivity contribution is 7.89. The second-order valence-electron chi connectivity index (χ2n) is 5.68. The van der Waals surface area contributed by atoms with E-state index < -0.39 is 10.0 Å². The number of hydrogen-bond acceptors (Lipinski definition) is 4. The molecule has 0 aliphatic rings. The first-order chi connectivity index (χ1) is 10.9. The minimum Gasteiger partial charge on any atom is -0.307 e. The highest BCUT2D eigenvalue weighted by Crippen LogP contribution is 2.17. The van der Waals surface area contributed by atoms with E-state index in [4.69, 9.17) is 0 Å². The van der Waals surface area contributed by atoms with Crippen molar-refractivity contribution in [1.29, 1.82) is 0 Å². The van der Waals surface area contributed by atoms with E-state index in [2.05, 4.69) is 10.3 Å². The summed E-state index contributed by atoms with van der Waals surface area (Å²) in [4.78, 5) is 4.57. The van der Waals surface area contributed by atoms with Gasteiger partial charge in [-0.1, -0.05) is 18.2 Å². The van der Waals surface area contributed by atoms with Gasteiger partial charge in [0, 0.05) is 32.4 Å². The Labute approximate surface area is 138 Å². The normalized spacial score (nSPS) is 12.0. The number of rotatable bonds is 7. The van der Waals surface area contributed by atoms with Gasteiger partial charge in [0.2, 0.25) is 10.0 Å². The van der Waals surface area contributed by atoms with Gasteiger partial charge >= 0.3 is 0 Å². The monoisotopic (exact) mass is 333 g/mol. The summed E-state index contributed by atoms with van der Waals surface area (Å²) in [5.41, 5.74) is 2.01. The van der Waals surface area contributed by atoms with Gasteiger partial charge in [0.05, 0.1) is 10.6 Å². The van der Waals surface area contributed by atoms with E-state index in [-0.39, 0.29) is 6.04 Å². The lowest BCUT2D eigenvalue weighted by Gasteiger charge is -2.21. The molecule has 0 spiro atoms. The van der Waals surface area contributed by atoms with Gasteiger partial charge in [-0.3, -0.25) is 4.98 Å². The molecule has 2 aromatic rings. The number of aromatic nitrogens is 1. The van der Waals surface area contributed by atoms with E-state index in [1.54, 1.807) is 25.4 Å².